The summed E-state index contributed by atoms with van der Waals surface area (Å²) < 4.78 is 47.6. The number of oxazole rings is 1. The molecule has 188 valence electrons. The normalized spacial score (nSPS) is 12.1. The maximum Gasteiger partial charge on any atom is 0.261 e. The summed E-state index contributed by atoms with van der Waals surface area (Å²) in [5.74, 6) is 1.94. The number of nitrogens with zero attached hydrogens (tertiary/aromatic N) is 3. The highest BCUT2D eigenvalue weighted by Gasteiger charge is 2.25. The Morgan fingerprint density at radius 2 is 1.66 bits per heavy atom. The molecule has 2 aromatic carbocycles. The molecule has 0 unspecified atom stereocenters. The Morgan fingerprint density at radius 3 is 2.20 bits per heavy atom. The standard InChI is InChI=1S/C24H27FN4O.CH4O3S/c1-14(2)13-29-19-12-16(8-11-18(19)27-23(29)26)21-20(15-6-9-17(25)10-7-15)28-22(30-21)24(3,4)5;1-5(2,3)4/h6-12,14H,13H2,1-5H3,(H2,26,27);1H3,(H,2,3,4). The summed E-state index contributed by atoms with van der Waals surface area (Å²) in [6, 6.07) is 12.3. The van der Waals surface area contributed by atoms with E-state index in [2.05, 4.69) is 39.6 Å². The van der Waals surface area contributed by atoms with Crippen LogP contribution in [0, 0.1) is 11.7 Å². The molecular formula is C25H31FN4O4S. The second-order valence-corrected chi connectivity index (χ2v) is 11.3. The molecule has 2 aromatic heterocycles. The lowest BCUT2D eigenvalue weighted by molar-refractivity contribution is 0.399. The first-order valence-electron chi connectivity index (χ1n) is 11.1. The molecule has 35 heavy (non-hydrogen) atoms. The molecule has 0 saturated heterocycles. The minimum atomic E-state index is -3.67. The molecule has 8 nitrogen and oxygen atoms in total. The number of halogens is 1. The highest BCUT2D eigenvalue weighted by atomic mass is 32.2. The molecule has 0 spiro atoms. The van der Waals surface area contributed by atoms with Crippen LogP contribution in [0.25, 0.3) is 33.6 Å². The molecule has 4 rings (SSSR count). The van der Waals surface area contributed by atoms with Crippen LogP contribution in [0.15, 0.2) is 46.9 Å². The van der Waals surface area contributed by atoms with Crippen molar-refractivity contribution in [1.29, 1.82) is 0 Å². The highest BCUT2D eigenvalue weighted by molar-refractivity contribution is 7.85. The Balaban J connectivity index is 0.000000623. The first-order valence-corrected chi connectivity index (χ1v) is 12.9. The van der Waals surface area contributed by atoms with E-state index in [1.54, 1.807) is 12.1 Å². The fourth-order valence-corrected chi connectivity index (χ4v) is 3.48. The van der Waals surface area contributed by atoms with Gasteiger partial charge in [0.25, 0.3) is 10.1 Å². The van der Waals surface area contributed by atoms with Crippen LogP contribution in [-0.2, 0) is 22.1 Å². The second kappa shape index (κ2) is 9.79. The predicted molar refractivity (Wildman–Crippen MR) is 136 cm³/mol. The van der Waals surface area contributed by atoms with E-state index in [1.165, 1.54) is 12.1 Å². The molecule has 2 heterocycles. The molecule has 0 bridgehead atoms. The van der Waals surface area contributed by atoms with E-state index >= 15 is 0 Å². The van der Waals surface area contributed by atoms with Crippen molar-refractivity contribution in [2.45, 2.75) is 46.6 Å². The maximum absolute atomic E-state index is 13.5. The summed E-state index contributed by atoms with van der Waals surface area (Å²) in [6.45, 7) is 11.2. The van der Waals surface area contributed by atoms with Crippen LogP contribution in [0.5, 0.6) is 0 Å². The lowest BCUT2D eigenvalue weighted by atomic mass is 9.97. The van der Waals surface area contributed by atoms with Crippen LogP contribution in [-0.4, -0.2) is 33.8 Å². The SMILES string of the molecule is CC(C)Cn1c(N)nc2ccc(-c3oc(C(C)(C)C)nc3-c3ccc(F)cc3)cc21.CS(=O)(=O)O. The van der Waals surface area contributed by atoms with Crippen molar-refractivity contribution in [3.8, 4) is 22.6 Å². The third-order valence-electron chi connectivity index (χ3n) is 4.97. The van der Waals surface area contributed by atoms with Crippen molar-refractivity contribution < 1.29 is 21.8 Å². The van der Waals surface area contributed by atoms with E-state index in [1.807, 2.05) is 22.8 Å². The number of aromatic nitrogens is 3. The molecule has 3 N–H and O–H groups in total. The van der Waals surface area contributed by atoms with Gasteiger partial charge in [-0.05, 0) is 48.4 Å². The zero-order chi connectivity index (χ0) is 26.1. The van der Waals surface area contributed by atoms with Crippen molar-refractivity contribution in [3.63, 3.8) is 0 Å². The smallest absolute Gasteiger partial charge is 0.261 e. The molecule has 0 saturated carbocycles. The van der Waals surface area contributed by atoms with Gasteiger partial charge in [0, 0.05) is 23.1 Å². The Labute approximate surface area is 204 Å². The van der Waals surface area contributed by atoms with Crippen LogP contribution in [0.3, 0.4) is 0 Å². The predicted octanol–water partition coefficient (Wildman–Crippen LogP) is 5.54. The molecule has 0 atom stereocenters. The fourth-order valence-electron chi connectivity index (χ4n) is 3.48. The molecule has 0 radical (unpaired) electrons. The van der Waals surface area contributed by atoms with Crippen LogP contribution >= 0.6 is 0 Å². The number of hydrogen-bond acceptors (Lipinski definition) is 6. The lowest BCUT2D eigenvalue weighted by Gasteiger charge is -2.12. The molecule has 0 fully saturated rings. The second-order valence-electron chi connectivity index (χ2n) is 9.86. The molecule has 4 aromatic rings. The average Bonchev–Trinajstić information content (AvgIpc) is 3.29. The van der Waals surface area contributed by atoms with Gasteiger partial charge in [-0.15, -0.1) is 0 Å². The van der Waals surface area contributed by atoms with Gasteiger partial charge in [-0.3, -0.25) is 4.55 Å². The first kappa shape index (κ1) is 26.4. The monoisotopic (exact) mass is 502 g/mol. The highest BCUT2D eigenvalue weighted by Crippen LogP contribution is 2.37. The molecule has 0 aliphatic heterocycles. The molecule has 0 aliphatic rings. The van der Waals surface area contributed by atoms with Gasteiger partial charge >= 0.3 is 0 Å². The summed E-state index contributed by atoms with van der Waals surface area (Å²) in [7, 11) is -3.67. The summed E-state index contributed by atoms with van der Waals surface area (Å²) in [5.41, 5.74) is 10.1. The zero-order valence-electron chi connectivity index (χ0n) is 20.7. The summed E-state index contributed by atoms with van der Waals surface area (Å²) >= 11 is 0. The minimum absolute atomic E-state index is 0.263. The summed E-state index contributed by atoms with van der Waals surface area (Å²) in [5, 5.41) is 0. The minimum Gasteiger partial charge on any atom is -0.439 e. The number of rotatable bonds is 4. The third-order valence-corrected chi connectivity index (χ3v) is 4.97. The average molecular weight is 503 g/mol. The van der Waals surface area contributed by atoms with Gasteiger partial charge in [0.2, 0.25) is 11.8 Å². The maximum atomic E-state index is 13.5. The first-order chi connectivity index (χ1) is 16.1. The zero-order valence-corrected chi connectivity index (χ0v) is 21.5. The van der Waals surface area contributed by atoms with E-state index in [4.69, 9.17) is 19.7 Å². The number of benzene rings is 2. The molecule has 0 amide bonds. The van der Waals surface area contributed by atoms with Crippen LogP contribution in [0.4, 0.5) is 10.3 Å². The van der Waals surface area contributed by atoms with E-state index in [0.29, 0.717) is 35.5 Å². The third kappa shape index (κ3) is 6.67. The van der Waals surface area contributed by atoms with Crippen molar-refractivity contribution in [1.82, 2.24) is 14.5 Å². The van der Waals surface area contributed by atoms with Crippen LogP contribution in [0.2, 0.25) is 0 Å². The fraction of sp³-hybridized carbons (Fsp3) is 0.360. The van der Waals surface area contributed by atoms with Crippen LogP contribution in [0.1, 0.15) is 40.5 Å². The van der Waals surface area contributed by atoms with E-state index in [0.717, 1.165) is 28.7 Å². The van der Waals surface area contributed by atoms with Crippen molar-refractivity contribution >= 4 is 27.1 Å². The number of nitrogens with two attached hydrogens (primary N) is 1. The summed E-state index contributed by atoms with van der Waals surface area (Å²) in [4.78, 5) is 9.27. The number of fused-ring (bicyclic) bond motifs is 1. The Morgan fingerprint density at radius 1 is 1.09 bits per heavy atom. The number of anilines is 1. The van der Waals surface area contributed by atoms with E-state index < -0.39 is 10.1 Å². The van der Waals surface area contributed by atoms with Gasteiger partial charge in [-0.25, -0.2) is 14.4 Å². The summed E-state index contributed by atoms with van der Waals surface area (Å²) in [6.07, 6.45) is 0.715. The number of hydrogen-bond donors (Lipinski definition) is 2. The molecular weight excluding hydrogens is 471 g/mol. The topological polar surface area (TPSA) is 124 Å². The quantitative estimate of drug-likeness (QED) is 0.351. The van der Waals surface area contributed by atoms with Crippen molar-refractivity contribution in [2.75, 3.05) is 12.0 Å². The van der Waals surface area contributed by atoms with E-state index in [-0.39, 0.29) is 11.2 Å². The van der Waals surface area contributed by atoms with Gasteiger partial charge in [0.1, 0.15) is 11.5 Å². The molecule has 10 heteroatoms. The Kier molecular flexibility index (Phi) is 7.37. The Hall–Kier alpha value is -3.24. The van der Waals surface area contributed by atoms with Gasteiger partial charge < -0.3 is 14.7 Å². The van der Waals surface area contributed by atoms with Gasteiger partial charge in [-0.2, -0.15) is 8.42 Å². The van der Waals surface area contributed by atoms with Crippen molar-refractivity contribution in [2.24, 2.45) is 5.92 Å². The molecule has 0 aliphatic carbocycles. The van der Waals surface area contributed by atoms with Crippen LogP contribution < -0.4 is 5.73 Å². The van der Waals surface area contributed by atoms with Crippen molar-refractivity contribution in [3.05, 3.63) is 54.2 Å². The van der Waals surface area contributed by atoms with Gasteiger partial charge in [0.15, 0.2) is 5.76 Å². The van der Waals surface area contributed by atoms with E-state index in [9.17, 15) is 12.8 Å². The lowest BCUT2D eigenvalue weighted by Crippen LogP contribution is -2.11. The van der Waals surface area contributed by atoms with Gasteiger partial charge in [0.05, 0.1) is 17.3 Å². The number of imidazole rings is 1. The number of nitrogen functional groups attached to an aromatic ring is 1. The Bertz CT molecular complexity index is 1420. The largest absolute Gasteiger partial charge is 0.439 e. The van der Waals surface area contributed by atoms with Gasteiger partial charge in [-0.1, -0.05) is 34.6 Å².